The van der Waals surface area contributed by atoms with Crippen molar-refractivity contribution in [2.75, 3.05) is 26.2 Å². The summed E-state index contributed by atoms with van der Waals surface area (Å²) in [4.78, 5) is 52.5. The Bertz CT molecular complexity index is 1010. The molecule has 1 aromatic heterocycles. The average molecular weight is 388 g/mol. The van der Waals surface area contributed by atoms with Crippen molar-refractivity contribution in [2.24, 2.45) is 0 Å². The second-order valence-electron chi connectivity index (χ2n) is 7.73. The van der Waals surface area contributed by atoms with Gasteiger partial charge in [0.15, 0.2) is 0 Å². The lowest BCUT2D eigenvalue weighted by Gasteiger charge is -2.35. The van der Waals surface area contributed by atoms with Gasteiger partial charge >= 0.3 is 6.09 Å². The third kappa shape index (κ3) is 4.24. The van der Waals surface area contributed by atoms with Crippen LogP contribution in [0.15, 0.2) is 33.9 Å². The predicted molar refractivity (Wildman–Crippen MR) is 103 cm³/mol. The van der Waals surface area contributed by atoms with E-state index in [9.17, 15) is 19.2 Å². The molecule has 9 nitrogen and oxygen atoms in total. The van der Waals surface area contributed by atoms with Crippen LogP contribution in [0.2, 0.25) is 0 Å². The van der Waals surface area contributed by atoms with Crippen LogP contribution in [0.25, 0.3) is 10.8 Å². The molecule has 1 fully saturated rings. The first-order valence-electron chi connectivity index (χ1n) is 9.13. The molecule has 1 aliphatic heterocycles. The number of aromatic amines is 1. The monoisotopic (exact) mass is 388 g/mol. The van der Waals surface area contributed by atoms with Crippen molar-refractivity contribution in [1.29, 1.82) is 0 Å². The minimum Gasteiger partial charge on any atom is -0.444 e. The molecule has 28 heavy (non-hydrogen) atoms. The maximum atomic E-state index is 12.6. The second-order valence-corrected chi connectivity index (χ2v) is 7.73. The quantitative estimate of drug-likeness (QED) is 0.818. The van der Waals surface area contributed by atoms with Crippen molar-refractivity contribution in [3.05, 3.63) is 45.0 Å². The van der Waals surface area contributed by atoms with E-state index in [4.69, 9.17) is 4.74 Å². The van der Waals surface area contributed by atoms with Crippen molar-refractivity contribution in [3.63, 3.8) is 0 Å². The Morgan fingerprint density at radius 3 is 2.18 bits per heavy atom. The first-order valence-corrected chi connectivity index (χ1v) is 9.13. The van der Waals surface area contributed by atoms with Crippen LogP contribution in [-0.4, -0.2) is 63.4 Å². The number of nitrogens with one attached hydrogen (secondary N) is 1. The molecule has 0 radical (unpaired) electrons. The van der Waals surface area contributed by atoms with Gasteiger partial charge in [-0.25, -0.2) is 9.48 Å². The van der Waals surface area contributed by atoms with E-state index in [2.05, 4.69) is 5.10 Å². The van der Waals surface area contributed by atoms with Crippen LogP contribution in [-0.2, 0) is 16.1 Å². The van der Waals surface area contributed by atoms with Crippen LogP contribution in [0.4, 0.5) is 4.79 Å². The van der Waals surface area contributed by atoms with Gasteiger partial charge in [-0.15, -0.1) is 0 Å². The topological polar surface area (TPSA) is 105 Å². The summed E-state index contributed by atoms with van der Waals surface area (Å²) in [6.07, 6.45) is -0.408. The number of fused-ring (bicyclic) bond motifs is 1. The van der Waals surface area contributed by atoms with Crippen LogP contribution >= 0.6 is 0 Å². The highest BCUT2D eigenvalue weighted by Crippen LogP contribution is 2.12. The fraction of sp³-hybridized carbons (Fsp3) is 0.474. The van der Waals surface area contributed by atoms with Crippen molar-refractivity contribution in [2.45, 2.75) is 32.9 Å². The zero-order valence-electron chi connectivity index (χ0n) is 16.2. The molecule has 3 rings (SSSR count). The van der Waals surface area contributed by atoms with Crippen LogP contribution < -0.4 is 11.1 Å². The van der Waals surface area contributed by atoms with E-state index in [1.54, 1.807) is 54.8 Å². The average Bonchev–Trinajstić information content (AvgIpc) is 2.64. The van der Waals surface area contributed by atoms with E-state index < -0.39 is 22.8 Å². The molecule has 9 heteroatoms. The van der Waals surface area contributed by atoms with E-state index in [0.29, 0.717) is 31.6 Å². The number of piperazine rings is 1. The van der Waals surface area contributed by atoms with Gasteiger partial charge in [0.2, 0.25) is 5.91 Å². The SMILES string of the molecule is CC(C)(C)OC(=O)N1CCN(C(=O)Cn2[nH]c(=O)c3ccccc3c2=O)CC1. The Morgan fingerprint density at radius 1 is 1.00 bits per heavy atom. The van der Waals surface area contributed by atoms with Crippen LogP contribution in [0.1, 0.15) is 20.8 Å². The normalized spacial score (nSPS) is 15.0. The molecule has 0 atom stereocenters. The molecule has 0 aliphatic carbocycles. The van der Waals surface area contributed by atoms with Crippen molar-refractivity contribution in [3.8, 4) is 0 Å². The number of carbonyl (C=O) groups excluding carboxylic acids is 2. The predicted octanol–water partition coefficient (Wildman–Crippen LogP) is 0.769. The highest BCUT2D eigenvalue weighted by Gasteiger charge is 2.28. The van der Waals surface area contributed by atoms with Gasteiger partial charge in [0.05, 0.1) is 10.8 Å². The molecule has 2 amide bonds. The molecule has 1 aromatic carbocycles. The molecule has 0 unspecified atom stereocenters. The van der Waals surface area contributed by atoms with E-state index in [0.717, 1.165) is 4.68 Å². The van der Waals surface area contributed by atoms with Crippen LogP contribution in [0, 0.1) is 0 Å². The molecular formula is C19H24N4O5. The third-order valence-corrected chi connectivity index (χ3v) is 4.46. The summed E-state index contributed by atoms with van der Waals surface area (Å²) < 4.78 is 6.37. The number of hydrogen-bond acceptors (Lipinski definition) is 5. The number of ether oxygens (including phenoxy) is 1. The van der Waals surface area contributed by atoms with Gasteiger partial charge in [-0.3, -0.25) is 19.5 Å². The first-order chi connectivity index (χ1) is 13.2. The van der Waals surface area contributed by atoms with Gasteiger partial charge in [0.25, 0.3) is 11.1 Å². The smallest absolute Gasteiger partial charge is 0.410 e. The number of H-pyrrole nitrogens is 1. The summed E-state index contributed by atoms with van der Waals surface area (Å²) in [6.45, 7) is 6.51. The number of aromatic nitrogens is 2. The second kappa shape index (κ2) is 7.49. The number of benzene rings is 1. The molecule has 2 aromatic rings. The fourth-order valence-corrected chi connectivity index (χ4v) is 3.06. The number of hydrogen-bond donors (Lipinski definition) is 1. The summed E-state index contributed by atoms with van der Waals surface area (Å²) in [6, 6.07) is 6.48. The molecule has 1 N–H and O–H groups in total. The lowest BCUT2D eigenvalue weighted by molar-refractivity contribution is -0.133. The fourth-order valence-electron chi connectivity index (χ4n) is 3.06. The van der Waals surface area contributed by atoms with Gasteiger partial charge in [-0.1, -0.05) is 12.1 Å². The van der Waals surface area contributed by atoms with Crippen LogP contribution in [0.3, 0.4) is 0 Å². The number of nitrogens with zero attached hydrogens (tertiary/aromatic N) is 3. The maximum absolute atomic E-state index is 12.6. The summed E-state index contributed by atoms with van der Waals surface area (Å²) in [5.41, 5.74) is -1.42. The molecule has 0 bridgehead atoms. The van der Waals surface area contributed by atoms with Gasteiger partial charge in [0, 0.05) is 26.2 Å². The zero-order chi connectivity index (χ0) is 20.5. The van der Waals surface area contributed by atoms with E-state index >= 15 is 0 Å². The van der Waals surface area contributed by atoms with Gasteiger partial charge in [-0.2, -0.15) is 0 Å². The lowest BCUT2D eigenvalue weighted by Crippen LogP contribution is -2.52. The van der Waals surface area contributed by atoms with Crippen molar-refractivity contribution >= 4 is 22.8 Å². The van der Waals surface area contributed by atoms with Gasteiger partial charge in [0.1, 0.15) is 12.1 Å². The molecule has 1 saturated heterocycles. The summed E-state index contributed by atoms with van der Waals surface area (Å²) in [5, 5.41) is 3.02. The summed E-state index contributed by atoms with van der Waals surface area (Å²) in [7, 11) is 0. The molecule has 0 spiro atoms. The largest absolute Gasteiger partial charge is 0.444 e. The zero-order valence-corrected chi connectivity index (χ0v) is 16.2. The van der Waals surface area contributed by atoms with Crippen molar-refractivity contribution < 1.29 is 14.3 Å². The summed E-state index contributed by atoms with van der Waals surface area (Å²) in [5.74, 6) is -0.295. The summed E-state index contributed by atoms with van der Waals surface area (Å²) >= 11 is 0. The first kappa shape index (κ1) is 19.7. The van der Waals surface area contributed by atoms with Crippen molar-refractivity contribution in [1.82, 2.24) is 19.6 Å². The lowest BCUT2D eigenvalue weighted by atomic mass is 10.2. The molecule has 2 heterocycles. The number of rotatable bonds is 2. The Balaban J connectivity index is 1.66. The molecule has 150 valence electrons. The van der Waals surface area contributed by atoms with E-state index in [-0.39, 0.29) is 17.8 Å². The molecule has 0 saturated carbocycles. The van der Waals surface area contributed by atoms with Crippen LogP contribution in [0.5, 0.6) is 0 Å². The third-order valence-electron chi connectivity index (χ3n) is 4.46. The molecular weight excluding hydrogens is 364 g/mol. The highest BCUT2D eigenvalue weighted by atomic mass is 16.6. The Labute approximate surface area is 161 Å². The maximum Gasteiger partial charge on any atom is 0.410 e. The number of amides is 2. The minimum absolute atomic E-state index is 0.259. The van der Waals surface area contributed by atoms with Gasteiger partial charge < -0.3 is 14.5 Å². The highest BCUT2D eigenvalue weighted by molar-refractivity contribution is 5.81. The van der Waals surface area contributed by atoms with Gasteiger partial charge in [-0.05, 0) is 32.9 Å². The Morgan fingerprint density at radius 2 is 1.57 bits per heavy atom. The van der Waals surface area contributed by atoms with E-state index in [1.165, 1.54) is 0 Å². The Kier molecular flexibility index (Phi) is 5.26. The Hall–Kier alpha value is -3.10. The molecule has 1 aliphatic rings. The minimum atomic E-state index is -0.576. The van der Waals surface area contributed by atoms with E-state index in [1.807, 2.05) is 0 Å². The number of carbonyl (C=O) groups is 2. The standard InChI is InChI=1S/C19H24N4O5/c1-19(2,3)28-18(27)22-10-8-21(9-11-22)15(24)12-23-17(26)14-7-5-4-6-13(14)16(25)20-23/h4-7H,8-12H2,1-3H3,(H,20,25).